The maximum atomic E-state index is 12.8. The van der Waals surface area contributed by atoms with Gasteiger partial charge in [0, 0.05) is 86.0 Å². The van der Waals surface area contributed by atoms with Gasteiger partial charge in [-0.1, -0.05) is 0 Å². The second-order valence-electron chi connectivity index (χ2n) is 13.0. The van der Waals surface area contributed by atoms with Crippen LogP contribution in [0.1, 0.15) is 49.0 Å². The molecule has 0 radical (unpaired) electrons. The molecule has 1 aromatic carbocycles. The summed E-state index contributed by atoms with van der Waals surface area (Å²) in [7, 11) is 2.21. The number of piperidine rings is 1. The molecule has 0 bridgehead atoms. The molecule has 0 atom stereocenters. The Labute approximate surface area is 269 Å². The molecule has 3 aliphatic rings. The van der Waals surface area contributed by atoms with Crippen molar-refractivity contribution in [3.05, 3.63) is 54.5 Å². The number of rotatable bonds is 8. The molecule has 1 aliphatic carbocycles. The van der Waals surface area contributed by atoms with Crippen LogP contribution in [0.15, 0.2) is 48.8 Å². The van der Waals surface area contributed by atoms with Gasteiger partial charge in [-0.05, 0) is 82.0 Å². The van der Waals surface area contributed by atoms with E-state index in [0.29, 0.717) is 23.2 Å². The molecule has 12 heteroatoms. The van der Waals surface area contributed by atoms with Crippen molar-refractivity contribution in [2.45, 2.75) is 56.7 Å². The highest BCUT2D eigenvalue weighted by molar-refractivity contribution is 6.00. The maximum absolute atomic E-state index is 12.8. The predicted octanol–water partition coefficient (Wildman–Crippen LogP) is 3.79. The SMILES string of the molecule is CN1CCN(C2CCN(c3ccc(Nc4nc(NC5CCC(O)CC5)c(-c5nccc6[nH]ccc56)nc4C(N)=O)cc3)CC2)CC1. The molecule has 242 valence electrons. The van der Waals surface area contributed by atoms with E-state index in [-0.39, 0.29) is 23.7 Å². The Hall–Kier alpha value is -4.26. The summed E-state index contributed by atoms with van der Waals surface area (Å²) in [6.07, 6.45) is 8.68. The highest BCUT2D eigenvalue weighted by Gasteiger charge is 2.28. The second kappa shape index (κ2) is 13.2. The number of aromatic nitrogens is 4. The highest BCUT2D eigenvalue weighted by atomic mass is 16.3. The molecule has 4 aromatic rings. The van der Waals surface area contributed by atoms with E-state index in [9.17, 15) is 9.90 Å². The Kier molecular flexibility index (Phi) is 8.74. The largest absolute Gasteiger partial charge is 0.393 e. The number of anilines is 4. The lowest BCUT2D eigenvalue weighted by atomic mass is 9.93. The molecule has 12 nitrogen and oxygen atoms in total. The lowest BCUT2D eigenvalue weighted by molar-refractivity contribution is 0.0982. The number of carbonyl (C=O) groups is 1. The minimum absolute atomic E-state index is 0.0454. The molecular weight excluding hydrogens is 580 g/mol. The van der Waals surface area contributed by atoms with E-state index in [2.05, 4.69) is 54.5 Å². The Morgan fingerprint density at radius 2 is 1.63 bits per heavy atom. The van der Waals surface area contributed by atoms with Crippen LogP contribution in [0.4, 0.5) is 23.0 Å². The van der Waals surface area contributed by atoms with Gasteiger partial charge in [-0.3, -0.25) is 14.7 Å². The summed E-state index contributed by atoms with van der Waals surface area (Å²) >= 11 is 0. The van der Waals surface area contributed by atoms with Gasteiger partial charge in [0.1, 0.15) is 11.4 Å². The number of fused-ring (bicyclic) bond motifs is 1. The van der Waals surface area contributed by atoms with Crippen molar-refractivity contribution in [1.82, 2.24) is 29.7 Å². The fraction of sp³-hybridized carbons (Fsp3) is 0.471. The Morgan fingerprint density at radius 1 is 0.891 bits per heavy atom. The van der Waals surface area contributed by atoms with Crippen LogP contribution in [-0.4, -0.2) is 105 Å². The number of amides is 1. The van der Waals surface area contributed by atoms with Crippen LogP contribution in [0.3, 0.4) is 0 Å². The van der Waals surface area contributed by atoms with Crippen molar-refractivity contribution < 1.29 is 9.90 Å². The minimum atomic E-state index is -0.676. The first-order chi connectivity index (χ1) is 22.4. The molecule has 7 rings (SSSR count). The van der Waals surface area contributed by atoms with Gasteiger partial charge in [0.05, 0.1) is 6.10 Å². The number of aliphatic hydroxyl groups excluding tert-OH is 1. The average molecular weight is 625 g/mol. The smallest absolute Gasteiger partial charge is 0.271 e. The first-order valence-corrected chi connectivity index (χ1v) is 16.5. The number of hydrogen-bond donors (Lipinski definition) is 5. The zero-order chi connectivity index (χ0) is 31.6. The summed E-state index contributed by atoms with van der Waals surface area (Å²) < 4.78 is 0. The number of pyridine rings is 1. The molecule has 46 heavy (non-hydrogen) atoms. The maximum Gasteiger partial charge on any atom is 0.271 e. The Bertz CT molecular complexity index is 1650. The third kappa shape index (κ3) is 6.51. The van der Waals surface area contributed by atoms with Crippen LogP contribution in [0.5, 0.6) is 0 Å². The van der Waals surface area contributed by atoms with Gasteiger partial charge < -0.3 is 36.3 Å². The molecule has 2 saturated heterocycles. The third-order valence-corrected chi connectivity index (χ3v) is 9.88. The number of aromatic amines is 1. The number of piperazine rings is 1. The topological polar surface area (TPSA) is 152 Å². The van der Waals surface area contributed by atoms with Gasteiger partial charge in [0.25, 0.3) is 5.91 Å². The molecule has 0 spiro atoms. The number of nitrogens with zero attached hydrogens (tertiary/aromatic N) is 6. The number of aliphatic hydroxyl groups is 1. The summed E-state index contributed by atoms with van der Waals surface area (Å²) in [5.41, 5.74) is 9.89. The summed E-state index contributed by atoms with van der Waals surface area (Å²) in [6.45, 7) is 6.72. The normalized spacial score (nSPS) is 21.8. The first-order valence-electron chi connectivity index (χ1n) is 16.5. The van der Waals surface area contributed by atoms with Gasteiger partial charge in [0.15, 0.2) is 17.3 Å². The predicted molar refractivity (Wildman–Crippen MR) is 182 cm³/mol. The van der Waals surface area contributed by atoms with Crippen molar-refractivity contribution in [3.63, 3.8) is 0 Å². The molecular formula is C34H44N10O2. The second-order valence-corrected chi connectivity index (χ2v) is 13.0. The lowest BCUT2D eigenvalue weighted by Crippen LogP contribution is -2.52. The number of primary amides is 1. The Balaban J connectivity index is 1.12. The van der Waals surface area contributed by atoms with E-state index < -0.39 is 5.91 Å². The van der Waals surface area contributed by atoms with Gasteiger partial charge in [-0.2, -0.15) is 0 Å². The van der Waals surface area contributed by atoms with E-state index in [1.807, 2.05) is 30.5 Å². The van der Waals surface area contributed by atoms with Gasteiger partial charge in [0.2, 0.25) is 0 Å². The van der Waals surface area contributed by atoms with Crippen molar-refractivity contribution in [2.24, 2.45) is 5.73 Å². The van der Waals surface area contributed by atoms with Crippen molar-refractivity contribution in [3.8, 4) is 11.4 Å². The highest BCUT2D eigenvalue weighted by Crippen LogP contribution is 2.34. The summed E-state index contributed by atoms with van der Waals surface area (Å²) in [6, 6.07) is 12.9. The van der Waals surface area contributed by atoms with Crippen LogP contribution >= 0.6 is 0 Å². The molecule has 1 saturated carbocycles. The molecule has 3 aromatic heterocycles. The molecule has 3 fully saturated rings. The number of hydrogen-bond acceptors (Lipinski definition) is 10. The number of likely N-dealkylation sites (N-methyl/N-ethyl adjacent to an activating group) is 1. The van der Waals surface area contributed by atoms with Crippen molar-refractivity contribution in [1.29, 1.82) is 0 Å². The van der Waals surface area contributed by atoms with E-state index in [0.717, 1.165) is 81.5 Å². The van der Waals surface area contributed by atoms with E-state index >= 15 is 0 Å². The number of nitrogens with one attached hydrogen (secondary N) is 3. The summed E-state index contributed by atoms with van der Waals surface area (Å²) in [5.74, 6) is 0.135. The molecule has 2 aliphatic heterocycles. The number of H-pyrrole nitrogens is 1. The number of carbonyl (C=O) groups excluding carboxylic acids is 1. The van der Waals surface area contributed by atoms with Crippen LogP contribution in [0.25, 0.3) is 22.3 Å². The molecule has 6 N–H and O–H groups in total. The average Bonchev–Trinajstić information content (AvgIpc) is 3.56. The van der Waals surface area contributed by atoms with Gasteiger partial charge in [-0.15, -0.1) is 0 Å². The monoisotopic (exact) mass is 624 g/mol. The zero-order valence-corrected chi connectivity index (χ0v) is 26.5. The van der Waals surface area contributed by atoms with E-state index in [1.54, 1.807) is 6.20 Å². The van der Waals surface area contributed by atoms with Crippen molar-refractivity contribution >= 4 is 39.8 Å². The molecule has 0 unspecified atom stereocenters. The zero-order valence-electron chi connectivity index (χ0n) is 26.5. The standard InChI is InChI=1S/C34H44N10O2/c1-42-18-20-44(21-19-42)25-12-16-43(17-13-25)24-6-2-22(3-7-24)39-34-31(32(35)46)40-30(29-27-10-14-36-28(27)11-15-37-29)33(41-34)38-23-4-8-26(45)9-5-23/h2-3,6-7,10-11,14-15,23,25-26,36,45H,4-5,8-9,12-13,16-21H2,1H3,(H2,35,46)(H2,38,39,41). The number of benzene rings is 1. The summed E-state index contributed by atoms with van der Waals surface area (Å²) in [5, 5.41) is 17.8. The fourth-order valence-corrected chi connectivity index (χ4v) is 7.11. The first kappa shape index (κ1) is 30.4. The summed E-state index contributed by atoms with van der Waals surface area (Å²) in [4.78, 5) is 37.9. The van der Waals surface area contributed by atoms with Gasteiger partial charge in [-0.25, -0.2) is 9.97 Å². The third-order valence-electron chi connectivity index (χ3n) is 9.88. The van der Waals surface area contributed by atoms with Crippen LogP contribution in [-0.2, 0) is 0 Å². The number of nitrogens with two attached hydrogens (primary N) is 1. The van der Waals surface area contributed by atoms with E-state index in [1.165, 1.54) is 18.5 Å². The van der Waals surface area contributed by atoms with Crippen LogP contribution in [0.2, 0.25) is 0 Å². The van der Waals surface area contributed by atoms with E-state index in [4.69, 9.17) is 15.7 Å². The minimum Gasteiger partial charge on any atom is -0.393 e. The van der Waals surface area contributed by atoms with Crippen LogP contribution in [0, 0.1) is 0 Å². The molecule has 5 heterocycles. The van der Waals surface area contributed by atoms with Crippen LogP contribution < -0.4 is 21.3 Å². The Morgan fingerprint density at radius 3 is 2.35 bits per heavy atom. The van der Waals surface area contributed by atoms with Crippen molar-refractivity contribution in [2.75, 3.05) is 61.8 Å². The fourth-order valence-electron chi connectivity index (χ4n) is 7.11. The molecule has 1 amide bonds. The quantitative estimate of drug-likeness (QED) is 0.196. The lowest BCUT2D eigenvalue weighted by Gasteiger charge is -2.42. The van der Waals surface area contributed by atoms with Gasteiger partial charge >= 0.3 is 0 Å².